The van der Waals surface area contributed by atoms with Gasteiger partial charge in [-0.1, -0.05) is 23.7 Å². The van der Waals surface area contributed by atoms with E-state index in [4.69, 9.17) is 9.72 Å². The lowest BCUT2D eigenvalue weighted by Crippen LogP contribution is -2.14. The molecule has 4 N–H and O–H groups in total. The van der Waals surface area contributed by atoms with E-state index in [1.807, 2.05) is 6.20 Å². The molecule has 4 aliphatic heterocycles. The molecule has 0 bridgehead atoms. The number of rotatable bonds is 4. The minimum Gasteiger partial charge on any atom is -0.487 e. The molecule has 0 aliphatic carbocycles. The van der Waals surface area contributed by atoms with Crippen molar-refractivity contribution in [3.63, 3.8) is 0 Å². The number of imidazole rings is 2. The summed E-state index contributed by atoms with van der Waals surface area (Å²) in [6, 6.07) is 7.18. The third kappa shape index (κ3) is 3.53. The molecule has 0 amide bonds. The first-order valence-electron chi connectivity index (χ1n) is 12.4. The van der Waals surface area contributed by atoms with E-state index < -0.39 is 0 Å². The van der Waals surface area contributed by atoms with Crippen molar-refractivity contribution in [1.29, 1.82) is 0 Å². The highest BCUT2D eigenvalue weighted by atomic mass is 16.5. The van der Waals surface area contributed by atoms with Crippen LogP contribution in [0.3, 0.4) is 0 Å². The lowest BCUT2D eigenvalue weighted by molar-refractivity contribution is 0.297. The molecule has 2 fully saturated rings. The predicted molar refractivity (Wildman–Crippen MR) is 133 cm³/mol. The maximum atomic E-state index is 6.13. The number of H-pyrrole nitrogens is 2. The van der Waals surface area contributed by atoms with Crippen LogP contribution in [0.1, 0.15) is 66.4 Å². The van der Waals surface area contributed by atoms with Gasteiger partial charge in [0.25, 0.3) is 0 Å². The van der Waals surface area contributed by atoms with Gasteiger partial charge in [-0.05, 0) is 68.4 Å². The first-order chi connectivity index (χ1) is 16.8. The van der Waals surface area contributed by atoms with Crippen LogP contribution in [-0.2, 0) is 6.61 Å². The lowest BCUT2D eigenvalue weighted by Gasteiger charge is -2.19. The van der Waals surface area contributed by atoms with Crippen molar-refractivity contribution in [3.8, 4) is 17.0 Å². The van der Waals surface area contributed by atoms with Crippen molar-refractivity contribution in [2.24, 2.45) is 0 Å². The Labute approximate surface area is 199 Å². The second-order valence-electron chi connectivity index (χ2n) is 9.65. The van der Waals surface area contributed by atoms with Crippen molar-refractivity contribution in [2.75, 3.05) is 13.1 Å². The van der Waals surface area contributed by atoms with E-state index in [0.717, 1.165) is 72.3 Å². The van der Waals surface area contributed by atoms with Crippen LogP contribution in [0.2, 0.25) is 6.32 Å². The van der Waals surface area contributed by atoms with Crippen LogP contribution in [0.25, 0.3) is 22.3 Å². The second kappa shape index (κ2) is 8.29. The summed E-state index contributed by atoms with van der Waals surface area (Å²) in [6.07, 6.45) is 12.0. The largest absolute Gasteiger partial charge is 0.487 e. The number of nitrogens with zero attached hydrogens (tertiary/aromatic N) is 2. The minimum absolute atomic E-state index is 0.330. The molecule has 0 unspecified atom stereocenters. The monoisotopic (exact) mass is 451 g/mol. The molecule has 1 aromatic carbocycles. The summed E-state index contributed by atoms with van der Waals surface area (Å²) >= 11 is 0. The zero-order valence-electron chi connectivity index (χ0n) is 19.2. The number of nitrogens with one attached hydrogen (secondary N) is 4. The molecular formula is C26H28BN6O. The van der Waals surface area contributed by atoms with Gasteiger partial charge in [-0.25, -0.2) is 9.97 Å². The standard InChI is InChI=1S/C26H28BN6O/c1-3-19(28-9-1)25-30-13-21(31-25)16-6-8-18(27-12-16)15-5-7-17-23(11-15)34-14-22-24(17)33-26(32-22)20-4-2-10-29-20/h5-8,11,13,19-20,28-29H,1-4,9-10,12,14H2,(H,30,31)(H,32,33)/t19-,20-/m0/s1. The summed E-state index contributed by atoms with van der Waals surface area (Å²) in [5, 5.41) is 7.04. The number of aromatic amines is 2. The minimum atomic E-state index is 0.330. The van der Waals surface area contributed by atoms with Crippen LogP contribution < -0.4 is 15.4 Å². The number of hydrogen-bond acceptors (Lipinski definition) is 5. The van der Waals surface area contributed by atoms with Gasteiger partial charge in [0.15, 0.2) is 7.28 Å². The first kappa shape index (κ1) is 20.3. The zero-order valence-corrected chi connectivity index (χ0v) is 19.2. The average molecular weight is 451 g/mol. The van der Waals surface area contributed by atoms with Gasteiger partial charge in [-0.2, -0.15) is 0 Å². The van der Waals surface area contributed by atoms with E-state index in [-0.39, 0.29) is 0 Å². The zero-order chi connectivity index (χ0) is 22.5. The number of allylic oxidation sites excluding steroid dienone is 3. The summed E-state index contributed by atoms with van der Waals surface area (Å²) < 4.78 is 6.13. The maximum absolute atomic E-state index is 6.13. The molecule has 4 aliphatic rings. The predicted octanol–water partition coefficient (Wildman–Crippen LogP) is 4.10. The molecule has 2 aromatic heterocycles. The molecule has 0 saturated carbocycles. The molecule has 0 spiro atoms. The molecular weight excluding hydrogens is 423 g/mol. The third-order valence-corrected chi connectivity index (χ3v) is 7.47. The Kier molecular flexibility index (Phi) is 4.95. The number of hydrogen-bond donors (Lipinski definition) is 4. The maximum Gasteiger partial charge on any atom is 0.157 e. The fourth-order valence-corrected chi connectivity index (χ4v) is 5.56. The first-order valence-corrected chi connectivity index (χ1v) is 12.4. The van der Waals surface area contributed by atoms with Gasteiger partial charge in [0.05, 0.1) is 35.4 Å². The van der Waals surface area contributed by atoms with Gasteiger partial charge in [-0.3, -0.25) is 0 Å². The highest BCUT2D eigenvalue weighted by molar-refractivity contribution is 6.63. The Morgan fingerprint density at radius 2 is 1.82 bits per heavy atom. The quantitative estimate of drug-likeness (QED) is 0.449. The molecule has 1 radical (unpaired) electrons. The molecule has 3 aromatic rings. The van der Waals surface area contributed by atoms with E-state index in [1.165, 1.54) is 29.5 Å². The van der Waals surface area contributed by atoms with E-state index in [0.29, 0.717) is 18.7 Å². The lowest BCUT2D eigenvalue weighted by atomic mass is 9.59. The van der Waals surface area contributed by atoms with Crippen molar-refractivity contribution < 1.29 is 4.74 Å². The van der Waals surface area contributed by atoms with Crippen LogP contribution in [0.15, 0.2) is 36.5 Å². The second-order valence-corrected chi connectivity index (χ2v) is 9.65. The van der Waals surface area contributed by atoms with Crippen LogP contribution >= 0.6 is 0 Å². The van der Waals surface area contributed by atoms with E-state index in [9.17, 15) is 0 Å². The van der Waals surface area contributed by atoms with E-state index >= 15 is 0 Å². The van der Waals surface area contributed by atoms with Crippen LogP contribution in [0, 0.1) is 0 Å². The molecule has 171 valence electrons. The Morgan fingerprint density at radius 1 is 0.971 bits per heavy atom. The highest BCUT2D eigenvalue weighted by Crippen LogP contribution is 2.39. The van der Waals surface area contributed by atoms with Crippen LogP contribution in [0.5, 0.6) is 5.75 Å². The van der Waals surface area contributed by atoms with Gasteiger partial charge >= 0.3 is 0 Å². The fourth-order valence-electron chi connectivity index (χ4n) is 5.56. The van der Waals surface area contributed by atoms with Gasteiger partial charge < -0.3 is 25.3 Å². The normalized spacial score (nSPS) is 23.5. The molecule has 2 saturated heterocycles. The van der Waals surface area contributed by atoms with Gasteiger partial charge in [-0.15, -0.1) is 0 Å². The molecule has 7 nitrogen and oxygen atoms in total. The highest BCUT2D eigenvalue weighted by Gasteiger charge is 2.27. The summed E-state index contributed by atoms with van der Waals surface area (Å²) in [7, 11) is 2.29. The van der Waals surface area contributed by atoms with Crippen molar-refractivity contribution in [2.45, 2.75) is 50.7 Å². The van der Waals surface area contributed by atoms with Crippen LogP contribution in [0.4, 0.5) is 0 Å². The average Bonchev–Trinajstić information content (AvgIpc) is 3.70. The van der Waals surface area contributed by atoms with E-state index in [1.54, 1.807) is 0 Å². The molecule has 34 heavy (non-hydrogen) atoms. The van der Waals surface area contributed by atoms with E-state index in [2.05, 4.69) is 63.2 Å². The third-order valence-electron chi connectivity index (χ3n) is 7.47. The number of aromatic nitrogens is 4. The van der Waals surface area contributed by atoms with Gasteiger partial charge in [0.2, 0.25) is 0 Å². The van der Waals surface area contributed by atoms with Crippen LogP contribution in [-0.4, -0.2) is 40.3 Å². The number of fused-ring (bicyclic) bond motifs is 3. The molecule has 7 rings (SSSR count). The van der Waals surface area contributed by atoms with Crippen molar-refractivity contribution in [1.82, 2.24) is 30.6 Å². The molecule has 8 heteroatoms. The number of ether oxygens (including phenoxy) is 1. The smallest absolute Gasteiger partial charge is 0.157 e. The summed E-state index contributed by atoms with van der Waals surface area (Å²) in [6.45, 7) is 2.68. The Balaban J connectivity index is 1.12. The topological polar surface area (TPSA) is 90.6 Å². The summed E-state index contributed by atoms with van der Waals surface area (Å²) in [4.78, 5) is 16.6. The van der Waals surface area contributed by atoms with Gasteiger partial charge in [0.1, 0.15) is 24.0 Å². The molecule has 6 heterocycles. The Morgan fingerprint density at radius 3 is 2.59 bits per heavy atom. The summed E-state index contributed by atoms with van der Waals surface area (Å²) in [5.74, 6) is 3.00. The Bertz CT molecular complexity index is 1290. The van der Waals surface area contributed by atoms with Gasteiger partial charge in [0, 0.05) is 5.56 Å². The summed E-state index contributed by atoms with van der Waals surface area (Å²) in [5.41, 5.74) is 7.95. The SMILES string of the molecule is [B]1CC(c2cnc([C@@H]3CCCN3)[nH]2)=CC=C1c1ccc2c(c1)OCc1[nH]c([C@@H]3CCCN3)nc1-2. The fraction of sp³-hybridized carbons (Fsp3) is 0.385. The number of benzene rings is 1. The van der Waals surface area contributed by atoms with Crippen molar-refractivity contribution in [3.05, 3.63) is 65.1 Å². The molecule has 2 atom stereocenters. The Hall–Kier alpha value is -3.10. The van der Waals surface area contributed by atoms with Crippen molar-refractivity contribution >= 4 is 18.3 Å².